The standard InChI is InChI=1S/C13H17N2S.C5H12.H2O/c1-9-7-12(9)10(2)15(3)13(16)11-5-4-6-14-8-11;1-5(2,3)4;/h5,7-8,13,16H,2,4,6H2,1,3H3;1-4H3;1H2. The van der Waals surface area contributed by atoms with E-state index in [4.69, 9.17) is 0 Å². The molecule has 0 aromatic rings. The van der Waals surface area contributed by atoms with Crippen molar-refractivity contribution in [1.82, 2.24) is 4.90 Å². The first kappa shape index (κ1) is 21.0. The van der Waals surface area contributed by atoms with Gasteiger partial charge in [0.05, 0.1) is 11.3 Å². The van der Waals surface area contributed by atoms with E-state index in [9.17, 15) is 0 Å². The van der Waals surface area contributed by atoms with Crippen molar-refractivity contribution >= 4 is 18.8 Å². The van der Waals surface area contributed by atoms with Crippen molar-refractivity contribution in [3.05, 3.63) is 41.5 Å². The third-order valence-electron chi connectivity index (χ3n) is 2.98. The fourth-order valence-corrected chi connectivity index (χ4v) is 2.06. The monoisotopic (exact) mass is 323 g/mol. The van der Waals surface area contributed by atoms with E-state index in [0.29, 0.717) is 5.41 Å². The Kier molecular flexibility index (Phi) is 8.19. The van der Waals surface area contributed by atoms with Crippen LogP contribution in [0.25, 0.3) is 0 Å². The van der Waals surface area contributed by atoms with Gasteiger partial charge < -0.3 is 10.4 Å². The molecular formula is C18H31N2OS. The van der Waals surface area contributed by atoms with Crippen LogP contribution in [0.15, 0.2) is 40.6 Å². The van der Waals surface area contributed by atoms with Crippen LogP contribution in [0.1, 0.15) is 41.0 Å². The average molecular weight is 324 g/mol. The molecule has 0 amide bonds. The molecule has 1 aliphatic carbocycles. The van der Waals surface area contributed by atoms with Crippen molar-refractivity contribution < 1.29 is 5.48 Å². The van der Waals surface area contributed by atoms with E-state index in [2.05, 4.69) is 75.9 Å². The Morgan fingerprint density at radius 3 is 2.23 bits per heavy atom. The predicted molar refractivity (Wildman–Crippen MR) is 101 cm³/mol. The second kappa shape index (κ2) is 8.59. The van der Waals surface area contributed by atoms with Crippen LogP contribution in [0.4, 0.5) is 0 Å². The van der Waals surface area contributed by atoms with Crippen molar-refractivity contribution in [3.63, 3.8) is 0 Å². The molecule has 2 rings (SSSR count). The van der Waals surface area contributed by atoms with Gasteiger partial charge in [-0.25, -0.2) is 0 Å². The predicted octanol–water partition coefficient (Wildman–Crippen LogP) is 3.85. The van der Waals surface area contributed by atoms with Crippen LogP contribution in [0.2, 0.25) is 0 Å². The molecule has 0 saturated carbocycles. The number of hydrogen-bond donors (Lipinski definition) is 1. The minimum absolute atomic E-state index is 0. The van der Waals surface area contributed by atoms with E-state index >= 15 is 0 Å². The Labute approximate surface area is 141 Å². The topological polar surface area (TPSA) is 47.1 Å². The first-order chi connectivity index (χ1) is 9.61. The Hall–Kier alpha value is -1.00. The number of thiol groups is 1. The lowest BCUT2D eigenvalue weighted by atomic mass is 10.0. The number of nitrogens with zero attached hydrogens (tertiary/aromatic N) is 2. The second-order valence-electron chi connectivity index (χ2n) is 7.20. The van der Waals surface area contributed by atoms with Crippen molar-refractivity contribution in [1.29, 1.82) is 0 Å². The fourth-order valence-electron chi connectivity index (χ4n) is 1.75. The first-order valence-electron chi connectivity index (χ1n) is 7.47. The Morgan fingerprint density at radius 2 is 1.86 bits per heavy atom. The van der Waals surface area contributed by atoms with Gasteiger partial charge in [-0.05, 0) is 24.3 Å². The number of allylic oxidation sites excluding steroid dienone is 1. The molecule has 125 valence electrons. The van der Waals surface area contributed by atoms with E-state index in [1.807, 2.05) is 13.3 Å². The molecule has 2 N–H and O–H groups in total. The van der Waals surface area contributed by atoms with Crippen LogP contribution in [0.3, 0.4) is 0 Å². The summed E-state index contributed by atoms with van der Waals surface area (Å²) in [6.45, 7) is 15.8. The smallest absolute Gasteiger partial charge is 0.0982 e. The summed E-state index contributed by atoms with van der Waals surface area (Å²) in [5.74, 6) is 1.26. The summed E-state index contributed by atoms with van der Waals surface area (Å²) < 4.78 is 0. The van der Waals surface area contributed by atoms with Crippen molar-refractivity contribution in [2.75, 3.05) is 13.6 Å². The Morgan fingerprint density at radius 1 is 1.36 bits per heavy atom. The molecule has 0 aromatic heterocycles. The summed E-state index contributed by atoms with van der Waals surface area (Å²) in [7, 11) is 2.02. The van der Waals surface area contributed by atoms with Gasteiger partial charge in [0.1, 0.15) is 0 Å². The summed E-state index contributed by atoms with van der Waals surface area (Å²) in [6, 6.07) is 0. The quantitative estimate of drug-likeness (QED) is 0.620. The summed E-state index contributed by atoms with van der Waals surface area (Å²) >= 11 is 4.63. The third-order valence-corrected chi connectivity index (χ3v) is 3.63. The van der Waals surface area contributed by atoms with E-state index in [1.165, 1.54) is 11.5 Å². The van der Waals surface area contributed by atoms with Gasteiger partial charge in [0.2, 0.25) is 0 Å². The molecule has 1 atom stereocenters. The van der Waals surface area contributed by atoms with E-state index < -0.39 is 0 Å². The zero-order valence-corrected chi connectivity index (χ0v) is 15.7. The lowest BCUT2D eigenvalue weighted by Gasteiger charge is -2.29. The zero-order chi connectivity index (χ0) is 16.2. The minimum Gasteiger partial charge on any atom is -0.412 e. The summed E-state index contributed by atoms with van der Waals surface area (Å²) in [5, 5.41) is 0.0471. The maximum atomic E-state index is 4.63. The van der Waals surface area contributed by atoms with Gasteiger partial charge in [-0.3, -0.25) is 4.99 Å². The Balaban J connectivity index is 0.000000644. The average Bonchev–Trinajstić information content (AvgIpc) is 3.12. The van der Waals surface area contributed by atoms with Gasteiger partial charge in [0.15, 0.2) is 0 Å². The first-order valence-corrected chi connectivity index (χ1v) is 7.98. The zero-order valence-electron chi connectivity index (χ0n) is 14.8. The number of rotatable bonds is 4. The molecule has 2 aliphatic rings. The molecule has 3 nitrogen and oxygen atoms in total. The van der Waals surface area contributed by atoms with Crippen molar-refractivity contribution in [3.8, 4) is 0 Å². The van der Waals surface area contributed by atoms with Gasteiger partial charge in [0, 0.05) is 25.5 Å². The Bertz CT molecular complexity index is 466. The number of likely N-dealkylation sites (N-methyl/N-ethyl adjacent to an activating group) is 1. The van der Waals surface area contributed by atoms with Gasteiger partial charge in [-0.1, -0.05) is 52.0 Å². The van der Waals surface area contributed by atoms with Crippen LogP contribution in [-0.2, 0) is 0 Å². The highest BCUT2D eigenvalue weighted by atomic mass is 32.1. The minimum atomic E-state index is 0. The molecule has 1 heterocycles. The highest BCUT2D eigenvalue weighted by molar-refractivity contribution is 7.81. The molecule has 4 heteroatoms. The highest BCUT2D eigenvalue weighted by Crippen LogP contribution is 2.39. The molecule has 22 heavy (non-hydrogen) atoms. The van der Waals surface area contributed by atoms with Crippen molar-refractivity contribution in [2.45, 2.75) is 46.4 Å². The van der Waals surface area contributed by atoms with Crippen LogP contribution < -0.4 is 0 Å². The fraction of sp³-hybridized carbons (Fsp3) is 0.556. The maximum Gasteiger partial charge on any atom is 0.0982 e. The summed E-state index contributed by atoms with van der Waals surface area (Å²) in [4.78, 5) is 6.37. The number of dihydropyridines is 1. The normalized spacial score (nSPS) is 18.1. The molecular weight excluding hydrogens is 292 g/mol. The van der Waals surface area contributed by atoms with Crippen molar-refractivity contribution in [2.24, 2.45) is 10.4 Å². The summed E-state index contributed by atoms with van der Waals surface area (Å²) in [5.41, 5.74) is 4.03. The molecule has 0 saturated heterocycles. The van der Waals surface area contributed by atoms with Gasteiger partial charge >= 0.3 is 0 Å². The van der Waals surface area contributed by atoms with Crippen LogP contribution >= 0.6 is 12.6 Å². The second-order valence-corrected chi connectivity index (χ2v) is 7.69. The van der Waals surface area contributed by atoms with Crippen LogP contribution in [-0.4, -0.2) is 35.6 Å². The maximum absolute atomic E-state index is 4.63. The van der Waals surface area contributed by atoms with E-state index in [1.54, 1.807) is 0 Å². The summed E-state index contributed by atoms with van der Waals surface area (Å²) in [6.07, 6.45) is 7.27. The number of hydrogen-bond acceptors (Lipinski definition) is 3. The van der Waals surface area contributed by atoms with Gasteiger partial charge in [-0.2, -0.15) is 0 Å². The number of aliphatic imine (C=N–C) groups is 1. The van der Waals surface area contributed by atoms with E-state index in [-0.39, 0.29) is 10.9 Å². The molecule has 0 spiro atoms. The largest absolute Gasteiger partial charge is 0.412 e. The lowest BCUT2D eigenvalue weighted by molar-refractivity contribution is 0.438. The molecule has 1 unspecified atom stereocenters. The van der Waals surface area contributed by atoms with E-state index in [0.717, 1.165) is 24.2 Å². The molecule has 1 aliphatic heterocycles. The molecule has 0 bridgehead atoms. The molecule has 0 aromatic carbocycles. The lowest BCUT2D eigenvalue weighted by Crippen LogP contribution is -2.29. The molecule has 1 radical (unpaired) electrons. The van der Waals surface area contributed by atoms with Crippen LogP contribution in [0.5, 0.6) is 0 Å². The highest BCUT2D eigenvalue weighted by Gasteiger charge is 2.29. The molecule has 0 fully saturated rings. The van der Waals surface area contributed by atoms with Gasteiger partial charge in [0.25, 0.3) is 0 Å². The van der Waals surface area contributed by atoms with Gasteiger partial charge in [-0.15, -0.1) is 12.6 Å². The SMILES string of the molecule is C=C([C]1C=C1C)N(C)C(S)C1=CCCN=C1.CC(C)(C)C.O. The third kappa shape index (κ3) is 7.32. The van der Waals surface area contributed by atoms with Crippen LogP contribution in [0, 0.1) is 11.3 Å².